The smallest absolute Gasteiger partial charge is 0.270 e. The summed E-state index contributed by atoms with van der Waals surface area (Å²) in [5.41, 5.74) is 1.27. The van der Waals surface area contributed by atoms with E-state index in [2.05, 4.69) is 5.32 Å². The molecule has 1 aromatic carbocycles. The number of hydrogen-bond donors (Lipinski definition) is 6. The Hall–Kier alpha value is -2.52. The quantitative estimate of drug-likeness (QED) is 0.296. The Kier molecular flexibility index (Phi) is 5.76. The molecule has 2 amide bonds. The van der Waals surface area contributed by atoms with E-state index in [1.165, 1.54) is 11.5 Å². The normalized spacial score (nSPS) is 11.6. The van der Waals surface area contributed by atoms with E-state index in [9.17, 15) is 19.8 Å². The Balaban J connectivity index is 3.25. The van der Waals surface area contributed by atoms with E-state index < -0.39 is 29.4 Å². The maximum atomic E-state index is 11.6. The summed E-state index contributed by atoms with van der Waals surface area (Å²) in [5, 5.41) is 39.3. The largest absolute Gasteiger partial charge is 0.504 e. The fourth-order valence-electron chi connectivity index (χ4n) is 1.65. The molecule has 9 nitrogen and oxygen atoms in total. The highest BCUT2D eigenvalue weighted by Gasteiger charge is 2.27. The fraction of sp³-hybridized carbons (Fsp3) is 0.333. The molecule has 1 aromatic rings. The number of hydrogen-bond acceptors (Lipinski definition) is 7. The lowest BCUT2D eigenvalue weighted by Crippen LogP contribution is -2.38. The summed E-state index contributed by atoms with van der Waals surface area (Å²) in [6, 6.07) is 0.942. The monoisotopic (exact) mass is 300 g/mol. The van der Waals surface area contributed by atoms with Gasteiger partial charge < -0.3 is 25.4 Å². The maximum absolute atomic E-state index is 11.6. The topological polar surface area (TPSA) is 148 Å². The molecule has 116 valence electrons. The van der Waals surface area contributed by atoms with Crippen LogP contribution in [-0.4, -0.2) is 45.6 Å². The van der Waals surface area contributed by atoms with Gasteiger partial charge in [0.1, 0.15) is 12.6 Å². The van der Waals surface area contributed by atoms with Crippen molar-refractivity contribution in [1.82, 2.24) is 10.8 Å². The van der Waals surface area contributed by atoms with Crippen LogP contribution in [0.25, 0.3) is 0 Å². The minimum Gasteiger partial charge on any atom is -0.504 e. The summed E-state index contributed by atoms with van der Waals surface area (Å²) >= 11 is 0. The van der Waals surface area contributed by atoms with Gasteiger partial charge in [0.25, 0.3) is 5.91 Å². The van der Waals surface area contributed by atoms with E-state index in [4.69, 9.17) is 15.1 Å². The molecule has 0 aliphatic carbocycles. The number of aliphatic hydroxyl groups is 1. The molecule has 9 heteroatoms. The van der Waals surface area contributed by atoms with Crippen molar-refractivity contribution in [2.45, 2.75) is 13.0 Å². The van der Waals surface area contributed by atoms with Crippen molar-refractivity contribution in [1.29, 1.82) is 0 Å². The van der Waals surface area contributed by atoms with Gasteiger partial charge in [0.05, 0.1) is 6.61 Å². The Morgan fingerprint density at radius 3 is 2.52 bits per heavy atom. The molecule has 1 atom stereocenters. The first-order valence-corrected chi connectivity index (χ1v) is 5.91. The third-order valence-electron chi connectivity index (χ3n) is 2.51. The van der Waals surface area contributed by atoms with Crippen LogP contribution in [0.3, 0.4) is 0 Å². The van der Waals surface area contributed by atoms with Crippen molar-refractivity contribution in [3.05, 3.63) is 17.7 Å². The number of carbonyl (C=O) groups excluding carboxylic acids is 2. The minimum absolute atomic E-state index is 0.0949. The zero-order valence-corrected chi connectivity index (χ0v) is 11.2. The zero-order chi connectivity index (χ0) is 16.0. The Morgan fingerprint density at radius 2 is 2.00 bits per heavy atom. The number of rotatable bonds is 6. The average molecular weight is 300 g/mol. The number of benzene rings is 1. The van der Waals surface area contributed by atoms with Gasteiger partial charge in [0, 0.05) is 12.5 Å². The van der Waals surface area contributed by atoms with Crippen LogP contribution >= 0.6 is 0 Å². The van der Waals surface area contributed by atoms with Gasteiger partial charge in [-0.25, -0.2) is 5.48 Å². The van der Waals surface area contributed by atoms with Crippen LogP contribution in [0, 0.1) is 0 Å². The van der Waals surface area contributed by atoms with E-state index in [1.54, 1.807) is 0 Å². The van der Waals surface area contributed by atoms with Crippen molar-refractivity contribution in [3.63, 3.8) is 0 Å². The van der Waals surface area contributed by atoms with Gasteiger partial charge in [-0.05, 0) is 12.1 Å². The zero-order valence-electron chi connectivity index (χ0n) is 11.2. The third kappa shape index (κ3) is 3.97. The minimum atomic E-state index is -1.38. The third-order valence-corrected chi connectivity index (χ3v) is 2.51. The van der Waals surface area contributed by atoms with E-state index >= 15 is 0 Å². The van der Waals surface area contributed by atoms with Crippen molar-refractivity contribution >= 4 is 11.8 Å². The van der Waals surface area contributed by atoms with Gasteiger partial charge in [0.15, 0.2) is 11.5 Å². The lowest BCUT2D eigenvalue weighted by Gasteiger charge is -2.19. The molecular formula is C12H16N2O7. The Labute approximate surface area is 119 Å². The molecule has 0 heterocycles. The number of carbonyl (C=O) groups is 2. The van der Waals surface area contributed by atoms with Crippen molar-refractivity contribution < 1.29 is 34.9 Å². The van der Waals surface area contributed by atoms with Crippen molar-refractivity contribution in [3.8, 4) is 17.2 Å². The van der Waals surface area contributed by atoms with Gasteiger partial charge in [-0.2, -0.15) is 0 Å². The van der Waals surface area contributed by atoms with Crippen LogP contribution in [0.15, 0.2) is 12.1 Å². The Bertz CT molecular complexity index is 533. The number of amides is 2. The molecule has 0 saturated carbocycles. The van der Waals surface area contributed by atoms with Gasteiger partial charge >= 0.3 is 0 Å². The highest BCUT2D eigenvalue weighted by Crippen LogP contribution is 2.40. The molecule has 6 N–H and O–H groups in total. The molecule has 1 unspecified atom stereocenters. The summed E-state index contributed by atoms with van der Waals surface area (Å²) in [6.45, 7) is 0.606. The van der Waals surface area contributed by atoms with Crippen molar-refractivity contribution in [2.75, 3.05) is 13.2 Å². The molecule has 0 aliphatic rings. The highest BCUT2D eigenvalue weighted by molar-refractivity contribution is 5.88. The fourth-order valence-corrected chi connectivity index (χ4v) is 1.65. The molecule has 0 bridgehead atoms. The summed E-state index contributed by atoms with van der Waals surface area (Å²) in [7, 11) is 0. The molecular weight excluding hydrogens is 284 g/mol. The van der Waals surface area contributed by atoms with E-state index in [1.807, 2.05) is 0 Å². The van der Waals surface area contributed by atoms with Gasteiger partial charge in [-0.1, -0.05) is 0 Å². The van der Waals surface area contributed by atoms with Gasteiger partial charge in [-0.3, -0.25) is 14.8 Å². The molecule has 0 saturated heterocycles. The van der Waals surface area contributed by atoms with Crippen LogP contribution in [-0.2, 0) is 9.59 Å². The lowest BCUT2D eigenvalue weighted by molar-refractivity contribution is -0.134. The number of hydroxylamine groups is 1. The van der Waals surface area contributed by atoms with E-state index in [0.29, 0.717) is 0 Å². The first-order valence-electron chi connectivity index (χ1n) is 5.91. The second kappa shape index (κ2) is 7.31. The van der Waals surface area contributed by atoms with Gasteiger partial charge in [-0.15, -0.1) is 0 Å². The standard InChI is InChI=1S/C12H16N2O7/c1-6(16)13-9(12(19)14-20)7-2-3-8(17)11(10(7)18)21-5-4-15/h2-3,9,15,17-18,20H,4-5H2,1H3,(H,13,16)(H,14,19). The predicted molar refractivity (Wildman–Crippen MR) is 68.8 cm³/mol. The molecule has 0 spiro atoms. The van der Waals surface area contributed by atoms with Gasteiger partial charge in [0.2, 0.25) is 11.7 Å². The number of aromatic hydroxyl groups is 2. The molecule has 0 aromatic heterocycles. The molecule has 0 radical (unpaired) electrons. The van der Waals surface area contributed by atoms with E-state index in [0.717, 1.165) is 13.0 Å². The number of aliphatic hydroxyl groups excluding tert-OH is 1. The molecule has 0 fully saturated rings. The second-order valence-electron chi connectivity index (χ2n) is 4.03. The van der Waals surface area contributed by atoms with Crippen LogP contribution in [0.2, 0.25) is 0 Å². The molecule has 21 heavy (non-hydrogen) atoms. The van der Waals surface area contributed by atoms with Crippen LogP contribution < -0.4 is 15.5 Å². The molecule has 0 aliphatic heterocycles. The summed E-state index contributed by atoms with van der Waals surface area (Å²) < 4.78 is 4.97. The second-order valence-corrected chi connectivity index (χ2v) is 4.03. The number of phenolic OH excluding ortho intramolecular Hbond substituents is 2. The molecule has 1 rings (SSSR count). The maximum Gasteiger partial charge on any atom is 0.270 e. The summed E-state index contributed by atoms with van der Waals surface area (Å²) in [4.78, 5) is 22.7. The number of ether oxygens (including phenoxy) is 1. The average Bonchev–Trinajstić information content (AvgIpc) is 2.44. The van der Waals surface area contributed by atoms with Crippen molar-refractivity contribution in [2.24, 2.45) is 0 Å². The summed E-state index contributed by atoms with van der Waals surface area (Å²) in [6.07, 6.45) is 0. The summed E-state index contributed by atoms with van der Waals surface area (Å²) in [5.74, 6) is -2.91. The number of nitrogens with one attached hydrogen (secondary N) is 2. The van der Waals surface area contributed by atoms with Crippen LogP contribution in [0.5, 0.6) is 17.2 Å². The van der Waals surface area contributed by atoms with E-state index in [-0.39, 0.29) is 24.5 Å². The van der Waals surface area contributed by atoms with Crippen LogP contribution in [0.4, 0.5) is 0 Å². The van der Waals surface area contributed by atoms with Crippen LogP contribution in [0.1, 0.15) is 18.5 Å². The first kappa shape index (κ1) is 16.5. The number of phenols is 2. The Morgan fingerprint density at radius 1 is 1.33 bits per heavy atom. The lowest BCUT2D eigenvalue weighted by atomic mass is 10.0. The highest BCUT2D eigenvalue weighted by atomic mass is 16.5. The first-order chi connectivity index (χ1) is 9.92. The SMILES string of the molecule is CC(=O)NC(C(=O)NO)c1ccc(O)c(OCCO)c1O. The predicted octanol–water partition coefficient (Wildman–Crippen LogP) is -0.849.